The average molecular weight is 625 g/mol. The lowest BCUT2D eigenvalue weighted by atomic mass is 10.0. The van der Waals surface area contributed by atoms with Crippen LogP contribution in [0.1, 0.15) is 33.6 Å². The molecule has 2 heterocycles. The fourth-order valence-corrected chi connectivity index (χ4v) is 6.71. The summed E-state index contributed by atoms with van der Waals surface area (Å²) in [5.74, 6) is -2.63. The highest BCUT2D eigenvalue weighted by Crippen LogP contribution is 2.32. The first-order valence-electron chi connectivity index (χ1n) is 13.8. The molecule has 6 rings (SSSR count). The number of aryl methyl sites for hydroxylation is 1. The summed E-state index contributed by atoms with van der Waals surface area (Å²) < 4.78 is 36.6. The zero-order valence-electron chi connectivity index (χ0n) is 24.2. The normalized spacial score (nSPS) is 13.3. The van der Waals surface area contributed by atoms with Crippen molar-refractivity contribution in [1.82, 2.24) is 5.06 Å². The van der Waals surface area contributed by atoms with Crippen molar-refractivity contribution >= 4 is 61.2 Å². The van der Waals surface area contributed by atoms with Gasteiger partial charge >= 0.3 is 5.97 Å². The number of nitrogens with zero attached hydrogens (tertiary/aromatic N) is 3. The molecule has 0 bridgehead atoms. The van der Waals surface area contributed by atoms with E-state index in [9.17, 15) is 27.6 Å². The second-order valence-corrected chi connectivity index (χ2v) is 12.0. The van der Waals surface area contributed by atoms with Crippen molar-refractivity contribution < 1.29 is 41.7 Å². The van der Waals surface area contributed by atoms with Gasteiger partial charge in [0.05, 0.1) is 39.6 Å². The molecular formula is C33H26N3O8S+. The van der Waals surface area contributed by atoms with Crippen molar-refractivity contribution in [2.45, 2.75) is 17.7 Å². The average Bonchev–Trinajstić information content (AvgIpc) is 3.37. The van der Waals surface area contributed by atoms with Crippen molar-refractivity contribution in [2.24, 2.45) is 7.05 Å². The monoisotopic (exact) mass is 624 g/mol. The highest BCUT2D eigenvalue weighted by molar-refractivity contribution is 7.93. The fourth-order valence-electron chi connectivity index (χ4n) is 5.31. The molecule has 0 radical (unpaired) electrons. The first-order valence-corrected chi connectivity index (χ1v) is 15.3. The number of ether oxygens (including phenoxy) is 1. The van der Waals surface area contributed by atoms with E-state index in [1.807, 2.05) is 35.9 Å². The van der Waals surface area contributed by atoms with Gasteiger partial charge in [0.15, 0.2) is 0 Å². The van der Waals surface area contributed by atoms with Crippen LogP contribution in [0.2, 0.25) is 0 Å². The van der Waals surface area contributed by atoms with Crippen LogP contribution in [-0.2, 0) is 31.5 Å². The van der Waals surface area contributed by atoms with Gasteiger partial charge in [-0.25, -0.2) is 13.2 Å². The molecule has 0 unspecified atom stereocenters. The lowest BCUT2D eigenvalue weighted by Crippen LogP contribution is -2.39. The molecule has 12 heteroatoms. The van der Waals surface area contributed by atoms with E-state index in [2.05, 4.69) is 0 Å². The quantitative estimate of drug-likeness (QED) is 0.150. The molecule has 0 spiro atoms. The Morgan fingerprint density at radius 1 is 0.778 bits per heavy atom. The van der Waals surface area contributed by atoms with E-state index >= 15 is 0 Å². The standard InChI is InChI=1S/C33H26N3O8S/c1-34-27-9-5-3-7-25(27)31(26-8-4-6-10-28(26)34)32(39)36(22-13-15-23(43-2)16-14-22)45(41,42)24-17-11-21(12-18-24)33(40)44-35-29(37)19-20-30(35)38/h3-18H,19-20H2,1-2H3/q+1. The zero-order valence-corrected chi connectivity index (χ0v) is 25.0. The van der Waals surface area contributed by atoms with Crippen molar-refractivity contribution in [3.63, 3.8) is 0 Å². The van der Waals surface area contributed by atoms with E-state index in [0.29, 0.717) is 21.6 Å². The molecule has 1 aliphatic rings. The summed E-state index contributed by atoms with van der Waals surface area (Å²) >= 11 is 0. The number of fused-ring (bicyclic) bond motifs is 2. The third kappa shape index (κ3) is 5.14. The number of carbonyl (C=O) groups is 4. The van der Waals surface area contributed by atoms with Crippen LogP contribution in [0.25, 0.3) is 21.8 Å². The van der Waals surface area contributed by atoms with Gasteiger partial charge in [0.2, 0.25) is 11.0 Å². The number of benzene rings is 4. The number of rotatable bonds is 7. The van der Waals surface area contributed by atoms with Crippen molar-refractivity contribution in [3.8, 4) is 5.75 Å². The van der Waals surface area contributed by atoms with Crippen LogP contribution >= 0.6 is 0 Å². The van der Waals surface area contributed by atoms with E-state index in [1.54, 1.807) is 36.4 Å². The van der Waals surface area contributed by atoms with Gasteiger partial charge in [0, 0.05) is 25.0 Å². The van der Waals surface area contributed by atoms with Crippen LogP contribution in [0.3, 0.4) is 0 Å². The highest BCUT2D eigenvalue weighted by Gasteiger charge is 2.36. The molecule has 11 nitrogen and oxygen atoms in total. The summed E-state index contributed by atoms with van der Waals surface area (Å²) in [6.07, 6.45) is -0.133. The number of hydroxylamine groups is 2. The van der Waals surface area contributed by atoms with Crippen molar-refractivity contribution in [3.05, 3.63) is 108 Å². The summed E-state index contributed by atoms with van der Waals surface area (Å²) in [5, 5.41) is 1.52. The van der Waals surface area contributed by atoms with E-state index < -0.39 is 33.7 Å². The number of amides is 3. The zero-order chi connectivity index (χ0) is 31.9. The lowest BCUT2D eigenvalue weighted by molar-refractivity contribution is -0.617. The largest absolute Gasteiger partial charge is 0.497 e. The molecule has 1 fully saturated rings. The number of hydrogen-bond donors (Lipinski definition) is 0. The number of sulfonamides is 1. The highest BCUT2D eigenvalue weighted by atomic mass is 32.2. The first-order chi connectivity index (χ1) is 21.6. The summed E-state index contributed by atoms with van der Waals surface area (Å²) in [6, 6.07) is 25.2. The van der Waals surface area contributed by atoms with E-state index in [0.717, 1.165) is 27.5 Å². The molecule has 1 aliphatic heterocycles. The topological polar surface area (TPSA) is 131 Å². The van der Waals surface area contributed by atoms with Crippen molar-refractivity contribution in [2.75, 3.05) is 11.4 Å². The lowest BCUT2D eigenvalue weighted by Gasteiger charge is -2.24. The third-order valence-corrected chi connectivity index (χ3v) is 9.31. The first kappa shape index (κ1) is 29.5. The molecular weight excluding hydrogens is 598 g/mol. The van der Waals surface area contributed by atoms with Crippen molar-refractivity contribution in [1.29, 1.82) is 0 Å². The molecule has 0 saturated carbocycles. The number of para-hydroxylation sites is 2. The van der Waals surface area contributed by atoms with Crippen LogP contribution in [-0.4, -0.2) is 44.3 Å². The number of aromatic nitrogens is 1. The summed E-state index contributed by atoms with van der Waals surface area (Å²) in [7, 11) is -1.24. The fraction of sp³-hybridized carbons (Fsp3) is 0.121. The summed E-state index contributed by atoms with van der Waals surface area (Å²) in [6.45, 7) is 0. The van der Waals surface area contributed by atoms with Gasteiger partial charge in [-0.15, -0.1) is 5.06 Å². The van der Waals surface area contributed by atoms with Crippen LogP contribution in [0.4, 0.5) is 5.69 Å². The molecule has 5 aromatic rings. The molecule has 226 valence electrons. The molecule has 45 heavy (non-hydrogen) atoms. The van der Waals surface area contributed by atoms with Gasteiger partial charge in [-0.3, -0.25) is 14.4 Å². The van der Waals surface area contributed by atoms with E-state index in [1.165, 1.54) is 31.4 Å². The molecule has 4 aromatic carbocycles. The second kappa shape index (κ2) is 11.5. The Balaban J connectivity index is 1.46. The van der Waals surface area contributed by atoms with Gasteiger partial charge in [-0.2, -0.15) is 8.87 Å². The SMILES string of the molecule is COc1ccc(N(C(=O)c2c3ccccc3[n+](C)c3ccccc23)S(=O)(=O)c2ccc(C(=O)ON3C(=O)CCC3=O)cc2)cc1. The van der Waals surface area contributed by atoms with Gasteiger partial charge in [0.1, 0.15) is 12.8 Å². The second-order valence-electron chi connectivity index (χ2n) is 10.2. The number of methoxy groups -OCH3 is 1. The number of anilines is 1. The Morgan fingerprint density at radius 3 is 1.84 bits per heavy atom. The number of carbonyl (C=O) groups excluding carboxylic acids is 4. The number of imide groups is 1. The van der Waals surface area contributed by atoms with Crippen LogP contribution in [0, 0.1) is 0 Å². The Bertz CT molecular complexity index is 2060. The third-order valence-electron chi connectivity index (χ3n) is 7.58. The molecule has 3 amide bonds. The predicted molar refractivity (Wildman–Crippen MR) is 163 cm³/mol. The minimum Gasteiger partial charge on any atom is -0.497 e. The van der Waals surface area contributed by atoms with E-state index in [-0.39, 0.29) is 34.6 Å². The molecule has 0 N–H and O–H groups in total. The molecule has 1 aromatic heterocycles. The Labute approximate surface area is 257 Å². The van der Waals surface area contributed by atoms with Crippen LogP contribution in [0.15, 0.2) is 102 Å². The van der Waals surface area contributed by atoms with Crippen LogP contribution in [0.5, 0.6) is 5.75 Å². The van der Waals surface area contributed by atoms with Gasteiger partial charge in [-0.1, -0.05) is 24.3 Å². The van der Waals surface area contributed by atoms with Gasteiger partial charge < -0.3 is 9.57 Å². The summed E-state index contributed by atoms with van der Waals surface area (Å²) in [5.41, 5.74) is 1.61. The maximum absolute atomic E-state index is 14.7. The van der Waals surface area contributed by atoms with Crippen LogP contribution < -0.4 is 13.6 Å². The van der Waals surface area contributed by atoms with Gasteiger partial charge in [0.25, 0.3) is 27.7 Å². The molecule has 1 saturated heterocycles. The minimum atomic E-state index is -4.59. The molecule has 0 aliphatic carbocycles. The Kier molecular flexibility index (Phi) is 7.51. The molecule has 0 atom stereocenters. The Morgan fingerprint density at radius 2 is 1.31 bits per heavy atom. The van der Waals surface area contributed by atoms with Gasteiger partial charge in [-0.05, 0) is 60.7 Å². The minimum absolute atomic E-state index is 0.0664. The maximum Gasteiger partial charge on any atom is 0.363 e. The number of hydrogen-bond acceptors (Lipinski definition) is 8. The Hall–Kier alpha value is -5.62. The predicted octanol–water partition coefficient (Wildman–Crippen LogP) is 4.08. The maximum atomic E-state index is 14.7. The number of pyridine rings is 1. The smallest absolute Gasteiger partial charge is 0.363 e. The van der Waals surface area contributed by atoms with E-state index in [4.69, 9.17) is 9.57 Å². The summed E-state index contributed by atoms with van der Waals surface area (Å²) in [4.78, 5) is 55.7.